The molecule has 0 aromatic carbocycles. The van der Waals surface area contributed by atoms with Gasteiger partial charge in [0.1, 0.15) is 10.5 Å². The van der Waals surface area contributed by atoms with Crippen molar-refractivity contribution >= 4 is 27.4 Å². The molecule has 0 amide bonds. The fourth-order valence-corrected chi connectivity index (χ4v) is 2.89. The standard InChI is InChI=1S/C13H14N6OS/c1-3-7-6-8-11(17-14)15-12(16-13(8)21-7)9-4-5-10(20-2)19-18-9/h4-6H,3,14H2,1-2H3,(H,15,16,17). The van der Waals surface area contributed by atoms with Crippen molar-refractivity contribution in [3.8, 4) is 17.4 Å². The summed E-state index contributed by atoms with van der Waals surface area (Å²) >= 11 is 1.62. The van der Waals surface area contributed by atoms with Gasteiger partial charge in [0, 0.05) is 10.9 Å². The summed E-state index contributed by atoms with van der Waals surface area (Å²) in [6.07, 6.45) is 0.947. The molecule has 3 heterocycles. The predicted octanol–water partition coefficient (Wildman–Crippen LogP) is 2.00. The molecule has 3 aromatic rings. The molecule has 7 nitrogen and oxygen atoms in total. The van der Waals surface area contributed by atoms with Crippen molar-refractivity contribution < 1.29 is 4.74 Å². The molecule has 0 atom stereocenters. The van der Waals surface area contributed by atoms with Crippen molar-refractivity contribution in [1.82, 2.24) is 20.2 Å². The maximum absolute atomic E-state index is 5.57. The van der Waals surface area contributed by atoms with Crippen LogP contribution in [-0.2, 0) is 6.42 Å². The number of rotatable bonds is 4. The number of anilines is 1. The van der Waals surface area contributed by atoms with Gasteiger partial charge in [-0.05, 0) is 18.6 Å². The largest absolute Gasteiger partial charge is 0.480 e. The van der Waals surface area contributed by atoms with Crippen LogP contribution in [0.15, 0.2) is 18.2 Å². The summed E-state index contributed by atoms with van der Waals surface area (Å²) in [5, 5.41) is 8.92. The summed E-state index contributed by atoms with van der Waals surface area (Å²) in [7, 11) is 1.54. The van der Waals surface area contributed by atoms with Crippen molar-refractivity contribution in [2.45, 2.75) is 13.3 Å². The second-order valence-corrected chi connectivity index (χ2v) is 5.40. The molecule has 0 aliphatic rings. The molecule has 3 N–H and O–H groups in total. The highest BCUT2D eigenvalue weighted by molar-refractivity contribution is 7.18. The molecule has 21 heavy (non-hydrogen) atoms. The van der Waals surface area contributed by atoms with Crippen LogP contribution in [0.1, 0.15) is 11.8 Å². The van der Waals surface area contributed by atoms with Gasteiger partial charge in [-0.3, -0.25) is 0 Å². The quantitative estimate of drug-likeness (QED) is 0.561. The van der Waals surface area contributed by atoms with Crippen LogP contribution in [0.2, 0.25) is 0 Å². The minimum Gasteiger partial charge on any atom is -0.480 e. The predicted molar refractivity (Wildman–Crippen MR) is 82.2 cm³/mol. The number of thiophene rings is 1. The summed E-state index contributed by atoms with van der Waals surface area (Å²) < 4.78 is 4.99. The highest BCUT2D eigenvalue weighted by Crippen LogP contribution is 2.30. The Hall–Kier alpha value is -2.32. The Balaban J connectivity index is 2.13. The van der Waals surface area contributed by atoms with Crippen molar-refractivity contribution in [3.05, 3.63) is 23.1 Å². The van der Waals surface area contributed by atoms with E-state index >= 15 is 0 Å². The first kappa shape index (κ1) is 13.7. The number of hydrazine groups is 1. The Bertz CT molecular complexity index is 770. The van der Waals surface area contributed by atoms with E-state index in [1.165, 1.54) is 4.88 Å². The third-order valence-corrected chi connectivity index (χ3v) is 4.18. The Labute approximate surface area is 125 Å². The number of methoxy groups -OCH3 is 1. The number of nitrogens with two attached hydrogens (primary N) is 1. The Morgan fingerprint density at radius 1 is 1.29 bits per heavy atom. The topological polar surface area (TPSA) is 98.8 Å². The number of hydrogen-bond acceptors (Lipinski definition) is 8. The van der Waals surface area contributed by atoms with Crippen LogP contribution >= 0.6 is 11.3 Å². The molecule has 0 radical (unpaired) electrons. The van der Waals surface area contributed by atoms with Gasteiger partial charge in [0.05, 0.1) is 12.5 Å². The fourth-order valence-electron chi connectivity index (χ4n) is 1.92. The lowest BCUT2D eigenvalue weighted by molar-refractivity contribution is 0.392. The summed E-state index contributed by atoms with van der Waals surface area (Å²) in [4.78, 5) is 11.1. The van der Waals surface area contributed by atoms with E-state index in [0.29, 0.717) is 23.2 Å². The van der Waals surface area contributed by atoms with Crippen LogP contribution in [0.4, 0.5) is 5.82 Å². The van der Waals surface area contributed by atoms with Gasteiger partial charge in [0.25, 0.3) is 0 Å². The molecule has 108 valence electrons. The highest BCUT2D eigenvalue weighted by atomic mass is 32.1. The highest BCUT2D eigenvalue weighted by Gasteiger charge is 2.13. The second kappa shape index (κ2) is 5.58. The summed E-state index contributed by atoms with van der Waals surface area (Å²) in [6.45, 7) is 2.10. The molecule has 0 unspecified atom stereocenters. The first-order valence-corrected chi connectivity index (χ1v) is 7.22. The van der Waals surface area contributed by atoms with Gasteiger partial charge in [-0.1, -0.05) is 6.92 Å². The van der Waals surface area contributed by atoms with Gasteiger partial charge in [-0.25, -0.2) is 15.8 Å². The Morgan fingerprint density at radius 2 is 2.14 bits per heavy atom. The molecule has 3 aromatic heterocycles. The third-order valence-electron chi connectivity index (χ3n) is 3.01. The number of aromatic nitrogens is 4. The number of aryl methyl sites for hydroxylation is 1. The zero-order chi connectivity index (χ0) is 14.8. The van der Waals surface area contributed by atoms with Crippen LogP contribution in [-0.4, -0.2) is 27.3 Å². The number of ether oxygens (including phenoxy) is 1. The fraction of sp³-hybridized carbons (Fsp3) is 0.231. The molecule has 0 aliphatic heterocycles. The molecule has 0 saturated carbocycles. The van der Waals surface area contributed by atoms with E-state index in [-0.39, 0.29) is 0 Å². The number of nitrogens with zero attached hydrogens (tertiary/aromatic N) is 4. The van der Waals surface area contributed by atoms with Crippen molar-refractivity contribution in [1.29, 1.82) is 0 Å². The van der Waals surface area contributed by atoms with Crippen LogP contribution in [0, 0.1) is 0 Å². The van der Waals surface area contributed by atoms with Gasteiger partial charge in [0.15, 0.2) is 11.6 Å². The second-order valence-electron chi connectivity index (χ2n) is 4.29. The van der Waals surface area contributed by atoms with Crippen LogP contribution < -0.4 is 16.0 Å². The zero-order valence-corrected chi connectivity index (χ0v) is 12.4. The first-order chi connectivity index (χ1) is 10.2. The smallest absolute Gasteiger partial charge is 0.233 e. The first-order valence-electron chi connectivity index (χ1n) is 6.40. The SMILES string of the molecule is CCc1cc2c(NN)nc(-c3ccc(OC)nn3)nc2s1. The van der Waals surface area contributed by atoms with E-state index in [2.05, 4.69) is 38.6 Å². The average Bonchev–Trinajstić information content (AvgIpc) is 2.97. The van der Waals surface area contributed by atoms with Crippen LogP contribution in [0.25, 0.3) is 21.7 Å². The van der Waals surface area contributed by atoms with Gasteiger partial charge < -0.3 is 10.2 Å². The molecule has 0 aliphatic carbocycles. The van der Waals surface area contributed by atoms with E-state index < -0.39 is 0 Å². The summed E-state index contributed by atoms with van der Waals surface area (Å²) in [5.74, 6) is 7.08. The maximum Gasteiger partial charge on any atom is 0.233 e. The van der Waals surface area contributed by atoms with Crippen molar-refractivity contribution in [2.75, 3.05) is 12.5 Å². The van der Waals surface area contributed by atoms with Crippen molar-refractivity contribution in [2.24, 2.45) is 5.84 Å². The molecular weight excluding hydrogens is 288 g/mol. The number of fused-ring (bicyclic) bond motifs is 1. The monoisotopic (exact) mass is 302 g/mol. The van der Waals surface area contributed by atoms with Gasteiger partial charge in [-0.2, -0.15) is 0 Å². The van der Waals surface area contributed by atoms with E-state index in [1.807, 2.05) is 0 Å². The van der Waals surface area contributed by atoms with Gasteiger partial charge >= 0.3 is 0 Å². The maximum atomic E-state index is 5.57. The summed E-state index contributed by atoms with van der Waals surface area (Å²) in [5.41, 5.74) is 3.19. The third kappa shape index (κ3) is 2.50. The average molecular weight is 302 g/mol. The van der Waals surface area contributed by atoms with E-state index in [9.17, 15) is 0 Å². The Kier molecular flexibility index (Phi) is 3.63. The minimum absolute atomic E-state index is 0.446. The molecular formula is C13H14N6OS. The number of nitrogens with one attached hydrogen (secondary N) is 1. The van der Waals surface area contributed by atoms with E-state index in [4.69, 9.17) is 10.6 Å². The van der Waals surface area contributed by atoms with E-state index in [0.717, 1.165) is 16.6 Å². The van der Waals surface area contributed by atoms with Gasteiger partial charge in [0.2, 0.25) is 5.88 Å². The Morgan fingerprint density at radius 3 is 2.76 bits per heavy atom. The molecule has 0 bridgehead atoms. The lowest BCUT2D eigenvalue weighted by Crippen LogP contribution is -2.10. The van der Waals surface area contributed by atoms with Gasteiger partial charge in [-0.15, -0.1) is 21.5 Å². The lowest BCUT2D eigenvalue weighted by Gasteiger charge is -2.04. The van der Waals surface area contributed by atoms with Crippen LogP contribution in [0.3, 0.4) is 0 Å². The molecule has 0 fully saturated rings. The van der Waals surface area contributed by atoms with E-state index in [1.54, 1.807) is 30.6 Å². The number of nitrogen functional groups attached to an aromatic ring is 1. The minimum atomic E-state index is 0.446. The zero-order valence-electron chi connectivity index (χ0n) is 11.6. The molecule has 0 saturated heterocycles. The lowest BCUT2D eigenvalue weighted by atomic mass is 10.3. The molecule has 0 spiro atoms. The molecule has 8 heteroatoms. The normalized spacial score (nSPS) is 10.8. The van der Waals surface area contributed by atoms with Crippen LogP contribution in [0.5, 0.6) is 5.88 Å². The summed E-state index contributed by atoms with van der Waals surface area (Å²) in [6, 6.07) is 5.54. The van der Waals surface area contributed by atoms with Crippen molar-refractivity contribution in [3.63, 3.8) is 0 Å². The number of hydrogen-bond donors (Lipinski definition) is 2. The molecule has 3 rings (SSSR count).